The fourth-order valence-corrected chi connectivity index (χ4v) is 3.19. The first-order chi connectivity index (χ1) is 9.58. The van der Waals surface area contributed by atoms with E-state index in [-0.39, 0.29) is 23.0 Å². The largest absolute Gasteiger partial charge is 0.402 e. The zero-order valence-electron chi connectivity index (χ0n) is 11.3. The molecule has 0 bridgehead atoms. The van der Waals surface area contributed by atoms with Crippen LogP contribution in [0.25, 0.3) is 0 Å². The van der Waals surface area contributed by atoms with E-state index in [1.165, 1.54) is 0 Å². The summed E-state index contributed by atoms with van der Waals surface area (Å²) < 4.78 is 75.9. The van der Waals surface area contributed by atoms with Gasteiger partial charge in [-0.3, -0.25) is 0 Å². The third kappa shape index (κ3) is 4.85. The van der Waals surface area contributed by atoms with Crippen LogP contribution in [0.15, 0.2) is 23.1 Å². The number of hydrogen-bond acceptors (Lipinski definition) is 3. The normalized spacial score (nSPS) is 12.9. The lowest BCUT2D eigenvalue weighted by molar-refractivity contribution is -0.136. The molecule has 0 fully saturated rings. The fourth-order valence-electron chi connectivity index (χ4n) is 1.68. The van der Waals surface area contributed by atoms with E-state index in [0.717, 1.165) is 18.2 Å². The highest BCUT2D eigenvalue weighted by atomic mass is 32.2. The van der Waals surface area contributed by atoms with E-state index in [0.29, 0.717) is 6.42 Å². The third-order valence-corrected chi connectivity index (χ3v) is 4.57. The number of sulfonamides is 1. The summed E-state index contributed by atoms with van der Waals surface area (Å²) in [5.74, 6) is -1.17. The van der Waals surface area contributed by atoms with Gasteiger partial charge in [0.1, 0.15) is 17.3 Å². The molecule has 0 saturated heterocycles. The van der Waals surface area contributed by atoms with Crippen LogP contribution in [0.3, 0.4) is 0 Å². The van der Waals surface area contributed by atoms with E-state index < -0.39 is 33.5 Å². The van der Waals surface area contributed by atoms with Crippen molar-refractivity contribution >= 4 is 15.7 Å². The molecule has 4 nitrogen and oxygen atoms in total. The Morgan fingerprint density at radius 1 is 1.29 bits per heavy atom. The summed E-state index contributed by atoms with van der Waals surface area (Å²) in [6.45, 7) is -0.274. The lowest BCUT2D eigenvalue weighted by Crippen LogP contribution is -2.39. The molecule has 1 rings (SSSR count). The van der Waals surface area contributed by atoms with Gasteiger partial charge in [0.15, 0.2) is 0 Å². The standard InChI is InChI=1S/C12H16F4N2O2S/c1-2-3-6-18(8-12(14,15)16)21(19,20)11-5-4-9(17)7-10(11)13/h4-5,7H,2-3,6,8,17H2,1H3. The van der Waals surface area contributed by atoms with Crippen LogP contribution in [0.1, 0.15) is 19.8 Å². The molecule has 9 heteroatoms. The number of anilines is 1. The van der Waals surface area contributed by atoms with Gasteiger partial charge in [-0.2, -0.15) is 17.5 Å². The van der Waals surface area contributed by atoms with Crippen LogP contribution in [-0.4, -0.2) is 32.0 Å². The molecule has 21 heavy (non-hydrogen) atoms. The van der Waals surface area contributed by atoms with Crippen molar-refractivity contribution in [3.8, 4) is 0 Å². The predicted octanol–water partition coefficient (Wildman–Crippen LogP) is 2.76. The molecule has 0 aliphatic heterocycles. The van der Waals surface area contributed by atoms with Crippen LogP contribution in [0, 0.1) is 5.82 Å². The van der Waals surface area contributed by atoms with Gasteiger partial charge >= 0.3 is 6.18 Å². The molecule has 0 aliphatic rings. The van der Waals surface area contributed by atoms with Crippen molar-refractivity contribution in [2.75, 3.05) is 18.8 Å². The average molecular weight is 328 g/mol. The van der Waals surface area contributed by atoms with Crippen LogP contribution < -0.4 is 5.73 Å². The molecule has 0 aliphatic carbocycles. The zero-order chi connectivity index (χ0) is 16.3. The highest BCUT2D eigenvalue weighted by molar-refractivity contribution is 7.89. The van der Waals surface area contributed by atoms with E-state index in [9.17, 15) is 26.0 Å². The number of nitrogens with two attached hydrogens (primary N) is 1. The van der Waals surface area contributed by atoms with Crippen molar-refractivity contribution in [3.05, 3.63) is 24.0 Å². The number of hydrogen-bond donors (Lipinski definition) is 1. The SMILES string of the molecule is CCCCN(CC(F)(F)F)S(=O)(=O)c1ccc(N)cc1F. The first kappa shape index (κ1) is 17.7. The number of nitrogens with zero attached hydrogens (tertiary/aromatic N) is 1. The van der Waals surface area contributed by atoms with Gasteiger partial charge in [-0.1, -0.05) is 13.3 Å². The highest BCUT2D eigenvalue weighted by Gasteiger charge is 2.37. The molecule has 1 aromatic rings. The molecule has 0 radical (unpaired) electrons. The van der Waals surface area contributed by atoms with Gasteiger partial charge in [0.2, 0.25) is 10.0 Å². The summed E-state index contributed by atoms with van der Waals surface area (Å²) in [6, 6.07) is 2.76. The van der Waals surface area contributed by atoms with Crippen molar-refractivity contribution in [3.63, 3.8) is 0 Å². The van der Waals surface area contributed by atoms with Gasteiger partial charge in [-0.05, 0) is 24.6 Å². The molecular formula is C12H16F4N2O2S. The summed E-state index contributed by atoms with van der Waals surface area (Å²) in [6.07, 6.45) is -3.95. The Balaban J connectivity index is 3.19. The Hall–Kier alpha value is -1.35. The maximum atomic E-state index is 13.7. The Morgan fingerprint density at radius 2 is 1.90 bits per heavy atom. The number of alkyl halides is 3. The minimum absolute atomic E-state index is 0.0117. The van der Waals surface area contributed by atoms with Gasteiger partial charge in [0, 0.05) is 12.2 Å². The molecule has 120 valence electrons. The van der Waals surface area contributed by atoms with Crippen molar-refractivity contribution in [2.45, 2.75) is 30.8 Å². The van der Waals surface area contributed by atoms with Gasteiger partial charge in [-0.15, -0.1) is 0 Å². The van der Waals surface area contributed by atoms with Crippen molar-refractivity contribution < 1.29 is 26.0 Å². The van der Waals surface area contributed by atoms with Gasteiger partial charge < -0.3 is 5.73 Å². The second-order valence-corrected chi connectivity index (χ2v) is 6.40. The van der Waals surface area contributed by atoms with Gasteiger partial charge in [-0.25, -0.2) is 12.8 Å². The summed E-state index contributed by atoms with van der Waals surface area (Å²) >= 11 is 0. The van der Waals surface area contributed by atoms with Crippen molar-refractivity contribution in [2.24, 2.45) is 0 Å². The summed E-state index contributed by atoms with van der Waals surface area (Å²) in [5, 5.41) is 0. The summed E-state index contributed by atoms with van der Waals surface area (Å²) in [4.78, 5) is -0.808. The minimum Gasteiger partial charge on any atom is -0.399 e. The quantitative estimate of drug-likeness (QED) is 0.645. The third-order valence-electron chi connectivity index (χ3n) is 2.69. The van der Waals surface area contributed by atoms with Crippen molar-refractivity contribution in [1.29, 1.82) is 0 Å². The van der Waals surface area contributed by atoms with Gasteiger partial charge in [0.05, 0.1) is 0 Å². The molecule has 0 aromatic heterocycles. The maximum absolute atomic E-state index is 13.7. The van der Waals surface area contributed by atoms with Crippen LogP contribution in [0.4, 0.5) is 23.2 Å². The smallest absolute Gasteiger partial charge is 0.399 e. The molecule has 0 spiro atoms. The van der Waals surface area contributed by atoms with Crippen LogP contribution in [0.2, 0.25) is 0 Å². The number of nitrogen functional groups attached to an aromatic ring is 1. The summed E-state index contributed by atoms with van der Waals surface area (Å²) in [5.41, 5.74) is 5.29. The molecule has 0 saturated carbocycles. The molecule has 1 aromatic carbocycles. The first-order valence-electron chi connectivity index (χ1n) is 6.20. The van der Waals surface area contributed by atoms with E-state index in [1.807, 2.05) is 0 Å². The number of unbranched alkanes of at least 4 members (excludes halogenated alkanes) is 1. The van der Waals surface area contributed by atoms with Crippen LogP contribution >= 0.6 is 0 Å². The maximum Gasteiger partial charge on any atom is 0.402 e. The molecule has 0 atom stereocenters. The molecule has 0 unspecified atom stereocenters. The first-order valence-corrected chi connectivity index (χ1v) is 7.64. The second kappa shape index (κ2) is 6.61. The van der Waals surface area contributed by atoms with Crippen LogP contribution in [0.5, 0.6) is 0 Å². The number of benzene rings is 1. The van der Waals surface area contributed by atoms with Crippen LogP contribution in [-0.2, 0) is 10.0 Å². The Morgan fingerprint density at radius 3 is 2.38 bits per heavy atom. The minimum atomic E-state index is -4.70. The van der Waals surface area contributed by atoms with Gasteiger partial charge in [0.25, 0.3) is 0 Å². The number of halogens is 4. The lowest BCUT2D eigenvalue weighted by Gasteiger charge is -2.23. The van der Waals surface area contributed by atoms with E-state index >= 15 is 0 Å². The molecule has 0 amide bonds. The van der Waals surface area contributed by atoms with E-state index in [2.05, 4.69) is 0 Å². The Bertz CT molecular complexity index is 587. The Labute approximate surface area is 120 Å². The Kier molecular flexibility index (Phi) is 5.57. The van der Waals surface area contributed by atoms with Crippen molar-refractivity contribution in [1.82, 2.24) is 4.31 Å². The second-order valence-electron chi connectivity index (χ2n) is 4.50. The van der Waals surface area contributed by atoms with E-state index in [1.54, 1.807) is 6.92 Å². The molecule has 2 N–H and O–H groups in total. The molecular weight excluding hydrogens is 312 g/mol. The summed E-state index contributed by atoms with van der Waals surface area (Å²) in [7, 11) is -4.57. The molecule has 0 heterocycles. The zero-order valence-corrected chi connectivity index (χ0v) is 12.1. The van der Waals surface area contributed by atoms with E-state index in [4.69, 9.17) is 5.73 Å². The predicted molar refractivity (Wildman–Crippen MR) is 70.5 cm³/mol. The monoisotopic (exact) mass is 328 g/mol. The highest BCUT2D eigenvalue weighted by Crippen LogP contribution is 2.25. The lowest BCUT2D eigenvalue weighted by atomic mass is 10.3. The number of rotatable bonds is 6. The average Bonchev–Trinajstić information content (AvgIpc) is 2.32. The topological polar surface area (TPSA) is 63.4 Å². The fraction of sp³-hybridized carbons (Fsp3) is 0.500.